The zero-order chi connectivity index (χ0) is 20.3. The SMILES string of the molecule is O=S(=O)(CC1CC1)c1ncc(CN2CCN(CCO)CC2)n1CC1CCCCC1. The maximum Gasteiger partial charge on any atom is 0.227 e. The lowest BCUT2D eigenvalue weighted by molar-refractivity contribution is 0.106. The number of aromatic nitrogens is 2. The number of hydrogen-bond acceptors (Lipinski definition) is 6. The van der Waals surface area contributed by atoms with Crippen LogP contribution in [-0.4, -0.2) is 78.0 Å². The molecule has 1 N–H and O–H groups in total. The van der Waals surface area contributed by atoms with E-state index < -0.39 is 9.84 Å². The normalized spacial score (nSPS) is 22.9. The third-order valence-corrected chi connectivity index (χ3v) is 8.56. The van der Waals surface area contributed by atoms with E-state index in [0.29, 0.717) is 17.0 Å². The fraction of sp³-hybridized carbons (Fsp3) is 0.857. The fourth-order valence-electron chi connectivity index (χ4n) is 4.80. The van der Waals surface area contributed by atoms with E-state index in [9.17, 15) is 8.42 Å². The third-order valence-electron chi connectivity index (χ3n) is 6.76. The van der Waals surface area contributed by atoms with E-state index >= 15 is 0 Å². The van der Waals surface area contributed by atoms with Gasteiger partial charge in [0.2, 0.25) is 15.0 Å². The van der Waals surface area contributed by atoms with E-state index in [4.69, 9.17) is 5.11 Å². The average Bonchev–Trinajstić information content (AvgIpc) is 3.43. The molecule has 0 spiro atoms. The lowest BCUT2D eigenvalue weighted by Crippen LogP contribution is -2.46. The number of sulfone groups is 1. The zero-order valence-electron chi connectivity index (χ0n) is 17.5. The van der Waals surface area contributed by atoms with Crippen molar-refractivity contribution in [2.75, 3.05) is 45.1 Å². The molecule has 29 heavy (non-hydrogen) atoms. The van der Waals surface area contributed by atoms with Crippen LogP contribution < -0.4 is 0 Å². The molecule has 2 saturated carbocycles. The number of rotatable bonds is 9. The molecule has 0 atom stereocenters. The highest BCUT2D eigenvalue weighted by molar-refractivity contribution is 7.91. The van der Waals surface area contributed by atoms with Crippen LogP contribution in [0.4, 0.5) is 0 Å². The van der Waals surface area contributed by atoms with Crippen molar-refractivity contribution in [3.8, 4) is 0 Å². The van der Waals surface area contributed by atoms with Gasteiger partial charge in [-0.25, -0.2) is 13.4 Å². The number of aliphatic hydroxyl groups is 1. The summed E-state index contributed by atoms with van der Waals surface area (Å²) in [7, 11) is -3.32. The number of aliphatic hydroxyl groups excluding tert-OH is 1. The molecule has 8 heteroatoms. The lowest BCUT2D eigenvalue weighted by Gasteiger charge is -2.34. The Morgan fingerprint density at radius 1 is 0.966 bits per heavy atom. The highest BCUT2D eigenvalue weighted by Gasteiger charge is 2.33. The maximum atomic E-state index is 13.0. The number of nitrogens with zero attached hydrogens (tertiary/aromatic N) is 4. The molecule has 3 aliphatic rings. The van der Waals surface area contributed by atoms with E-state index in [1.165, 1.54) is 32.1 Å². The van der Waals surface area contributed by atoms with Gasteiger partial charge in [-0.3, -0.25) is 9.80 Å². The monoisotopic (exact) mass is 424 g/mol. The molecule has 4 rings (SSSR count). The molecule has 1 saturated heterocycles. The minimum atomic E-state index is -3.32. The van der Waals surface area contributed by atoms with Gasteiger partial charge in [-0.2, -0.15) is 0 Å². The molecule has 0 unspecified atom stereocenters. The standard InChI is InChI=1S/C21H36N4O3S/c26-13-12-23-8-10-24(11-9-23)16-20-14-22-21(29(27,28)17-19-6-7-19)25(20)15-18-4-2-1-3-5-18/h14,18-19,26H,1-13,15-17H2. The van der Waals surface area contributed by atoms with Gasteiger partial charge in [-0.15, -0.1) is 0 Å². The van der Waals surface area contributed by atoms with Crippen molar-refractivity contribution in [2.45, 2.75) is 63.2 Å². The molecule has 0 aromatic carbocycles. The summed E-state index contributed by atoms with van der Waals surface area (Å²) >= 11 is 0. The van der Waals surface area contributed by atoms with Crippen molar-refractivity contribution >= 4 is 9.84 Å². The van der Waals surface area contributed by atoms with Crippen LogP contribution in [0.1, 0.15) is 50.6 Å². The van der Waals surface area contributed by atoms with E-state index in [1.54, 1.807) is 0 Å². The Bertz CT molecular complexity index is 761. The molecule has 3 fully saturated rings. The highest BCUT2D eigenvalue weighted by Crippen LogP contribution is 2.33. The molecule has 2 heterocycles. The van der Waals surface area contributed by atoms with Crippen molar-refractivity contribution in [3.05, 3.63) is 11.9 Å². The van der Waals surface area contributed by atoms with E-state index in [1.807, 2.05) is 10.8 Å². The van der Waals surface area contributed by atoms with Gasteiger partial charge in [0.1, 0.15) is 0 Å². The number of hydrogen-bond donors (Lipinski definition) is 1. The van der Waals surface area contributed by atoms with Gasteiger partial charge in [0.15, 0.2) is 0 Å². The molecule has 1 aromatic heterocycles. The topological polar surface area (TPSA) is 78.7 Å². The smallest absolute Gasteiger partial charge is 0.227 e. The van der Waals surface area contributed by atoms with Crippen molar-refractivity contribution in [1.82, 2.24) is 19.4 Å². The first-order valence-corrected chi connectivity index (χ1v) is 13.0. The van der Waals surface area contributed by atoms with Crippen molar-refractivity contribution < 1.29 is 13.5 Å². The Morgan fingerprint density at radius 3 is 2.31 bits per heavy atom. The summed E-state index contributed by atoms with van der Waals surface area (Å²) in [6.07, 6.45) is 10.1. The highest BCUT2D eigenvalue weighted by atomic mass is 32.2. The van der Waals surface area contributed by atoms with Gasteiger partial charge in [-0.05, 0) is 37.5 Å². The quantitative estimate of drug-likeness (QED) is 0.651. The van der Waals surface area contributed by atoms with Crippen LogP contribution in [-0.2, 0) is 22.9 Å². The Kier molecular flexibility index (Phi) is 6.94. The van der Waals surface area contributed by atoms with Crippen LogP contribution in [0.2, 0.25) is 0 Å². The Morgan fingerprint density at radius 2 is 1.66 bits per heavy atom. The number of piperazine rings is 1. The van der Waals surface area contributed by atoms with Crippen LogP contribution >= 0.6 is 0 Å². The van der Waals surface area contributed by atoms with E-state index in [2.05, 4.69) is 14.8 Å². The van der Waals surface area contributed by atoms with Gasteiger partial charge in [-0.1, -0.05) is 19.3 Å². The largest absolute Gasteiger partial charge is 0.395 e. The summed E-state index contributed by atoms with van der Waals surface area (Å²) in [4.78, 5) is 9.12. The molecule has 1 aliphatic heterocycles. The molecule has 0 radical (unpaired) electrons. The van der Waals surface area contributed by atoms with Crippen LogP contribution in [0.15, 0.2) is 11.4 Å². The first-order chi connectivity index (χ1) is 14.0. The minimum absolute atomic E-state index is 0.205. The van der Waals surface area contributed by atoms with E-state index in [0.717, 1.165) is 64.3 Å². The average molecular weight is 425 g/mol. The second kappa shape index (κ2) is 9.45. The number of β-amino-alcohol motifs (C(OH)–C–C–N with tert-alkyl or cyclic N) is 1. The van der Waals surface area contributed by atoms with Crippen molar-refractivity contribution in [1.29, 1.82) is 0 Å². The van der Waals surface area contributed by atoms with E-state index in [-0.39, 0.29) is 12.4 Å². The van der Waals surface area contributed by atoms with Gasteiger partial charge in [0.05, 0.1) is 24.3 Å². The summed E-state index contributed by atoms with van der Waals surface area (Å²) in [5.41, 5.74) is 1.04. The summed E-state index contributed by atoms with van der Waals surface area (Å²) in [6, 6.07) is 0. The first-order valence-electron chi connectivity index (χ1n) is 11.4. The van der Waals surface area contributed by atoms with Crippen LogP contribution in [0.25, 0.3) is 0 Å². The maximum absolute atomic E-state index is 13.0. The van der Waals surface area contributed by atoms with Crippen LogP contribution in [0.3, 0.4) is 0 Å². The van der Waals surface area contributed by atoms with Gasteiger partial charge in [0, 0.05) is 45.8 Å². The first kappa shape index (κ1) is 21.3. The summed E-state index contributed by atoms with van der Waals surface area (Å²) in [6.45, 7) is 6.27. The predicted molar refractivity (Wildman–Crippen MR) is 112 cm³/mol. The number of imidazole rings is 1. The second-order valence-corrected chi connectivity index (χ2v) is 11.1. The molecular weight excluding hydrogens is 388 g/mol. The molecule has 2 aliphatic carbocycles. The Labute approximate surface area is 175 Å². The predicted octanol–water partition coefficient (Wildman–Crippen LogP) is 1.76. The fourth-order valence-corrected chi connectivity index (χ4v) is 6.64. The second-order valence-electron chi connectivity index (χ2n) is 9.21. The van der Waals surface area contributed by atoms with Crippen LogP contribution in [0.5, 0.6) is 0 Å². The molecule has 7 nitrogen and oxygen atoms in total. The summed E-state index contributed by atoms with van der Waals surface area (Å²) in [5, 5.41) is 9.44. The van der Waals surface area contributed by atoms with Gasteiger partial charge in [0.25, 0.3) is 0 Å². The van der Waals surface area contributed by atoms with Gasteiger partial charge < -0.3 is 9.67 Å². The minimum Gasteiger partial charge on any atom is -0.395 e. The lowest BCUT2D eigenvalue weighted by atomic mass is 9.89. The van der Waals surface area contributed by atoms with Crippen molar-refractivity contribution in [2.24, 2.45) is 11.8 Å². The zero-order valence-corrected chi connectivity index (χ0v) is 18.3. The Balaban J connectivity index is 1.49. The summed E-state index contributed by atoms with van der Waals surface area (Å²) in [5.74, 6) is 1.16. The summed E-state index contributed by atoms with van der Waals surface area (Å²) < 4.78 is 28.1. The molecule has 1 aromatic rings. The third kappa shape index (κ3) is 5.60. The Hall–Kier alpha value is -0.960. The van der Waals surface area contributed by atoms with Crippen LogP contribution in [0, 0.1) is 11.8 Å². The van der Waals surface area contributed by atoms with Crippen molar-refractivity contribution in [3.63, 3.8) is 0 Å². The van der Waals surface area contributed by atoms with Gasteiger partial charge >= 0.3 is 0 Å². The molecule has 0 bridgehead atoms. The molecule has 164 valence electrons. The molecule has 0 amide bonds. The molecular formula is C21H36N4O3S.